The summed E-state index contributed by atoms with van der Waals surface area (Å²) in [7, 11) is 0. The van der Waals surface area contributed by atoms with Crippen LogP contribution in [0.15, 0.2) is 170 Å². The van der Waals surface area contributed by atoms with Crippen LogP contribution >= 0.6 is 0 Å². The molecule has 10 rings (SSSR count). The number of benzene rings is 8. The molecule has 0 atom stereocenters. The number of rotatable bonds is 51. The number of carboxylic acids is 2. The van der Waals surface area contributed by atoms with Gasteiger partial charge >= 0.3 is 11.9 Å². The number of carbonyl (C=O) groups is 6. The molecule has 0 saturated carbocycles. The Morgan fingerprint density at radius 2 is 0.531 bits per heavy atom. The molecule has 2 aromatic heterocycles. The normalized spacial score (nSPS) is 11.2. The molecule has 24 nitrogen and oxygen atoms in total. The Bertz CT molecular complexity index is 5100. The van der Waals surface area contributed by atoms with Crippen molar-refractivity contribution in [1.82, 2.24) is 29.6 Å². The quantitative estimate of drug-likeness (QED) is 0.0193. The van der Waals surface area contributed by atoms with E-state index >= 15 is 9.59 Å². The number of nitrogens with zero attached hydrogens (tertiary/aromatic N) is 6. The smallest absolute Gasteiger partial charge is 0.341 e. The maximum Gasteiger partial charge on any atom is 0.341 e. The first-order chi connectivity index (χ1) is 61.8. The van der Waals surface area contributed by atoms with Crippen LogP contribution in [0.5, 0.6) is 34.5 Å². The molecule has 6 N–H and O–H groups in total. The van der Waals surface area contributed by atoms with Gasteiger partial charge in [0.1, 0.15) is 34.5 Å². The molecule has 0 fully saturated rings. The number of aromatic hydroxyl groups is 4. The monoisotopic (exact) mass is 1740 g/mol. The van der Waals surface area contributed by atoms with E-state index in [0.29, 0.717) is 181 Å². The number of aryl methyl sites for hydroxylation is 6. The second-order valence-electron chi connectivity index (χ2n) is 32.8. The Morgan fingerprint density at radius 3 is 0.781 bits per heavy atom. The fourth-order valence-electron chi connectivity index (χ4n) is 15.6. The second-order valence-corrected chi connectivity index (χ2v) is 32.8. The highest BCUT2D eigenvalue weighted by Gasteiger charge is 2.31. The number of aromatic nitrogens is 2. The van der Waals surface area contributed by atoms with Crippen molar-refractivity contribution >= 4 is 35.6 Å². The summed E-state index contributed by atoms with van der Waals surface area (Å²) in [6.07, 6.45) is 12.2. The summed E-state index contributed by atoms with van der Waals surface area (Å²) >= 11 is 0. The van der Waals surface area contributed by atoms with Crippen molar-refractivity contribution in [3.05, 3.63) is 248 Å². The summed E-state index contributed by atoms with van der Waals surface area (Å²) in [5.74, 6) is -4.51. The lowest BCUT2D eigenvalue weighted by molar-refractivity contribution is -0.140. The van der Waals surface area contributed by atoms with Gasteiger partial charge in [0.05, 0.1) is 11.4 Å². The first-order valence-corrected chi connectivity index (χ1v) is 44.6. The Labute approximate surface area is 752 Å². The average molecular weight is 1750 g/mol. The van der Waals surface area contributed by atoms with Crippen molar-refractivity contribution in [3.63, 3.8) is 0 Å². The Balaban J connectivity index is 0.968. The van der Waals surface area contributed by atoms with E-state index in [1.165, 1.54) is 12.4 Å². The number of amides is 4. The van der Waals surface area contributed by atoms with Gasteiger partial charge in [-0.15, -0.1) is 0 Å². The molecule has 678 valence electrons. The molecule has 0 aliphatic heterocycles. The Morgan fingerprint density at radius 1 is 0.297 bits per heavy atom. The lowest BCUT2D eigenvalue weighted by atomic mass is 9.90. The minimum absolute atomic E-state index is 0.0233. The van der Waals surface area contributed by atoms with Gasteiger partial charge < -0.3 is 78.7 Å². The first kappa shape index (κ1) is 97.7. The van der Waals surface area contributed by atoms with Crippen molar-refractivity contribution in [1.29, 1.82) is 0 Å². The van der Waals surface area contributed by atoms with Crippen molar-refractivity contribution in [2.75, 3.05) is 92.2 Å². The Kier molecular flexibility index (Phi) is 37.4. The van der Waals surface area contributed by atoms with Crippen LogP contribution in [-0.2, 0) is 54.7 Å². The molecule has 0 aliphatic carbocycles. The van der Waals surface area contributed by atoms with Crippen LogP contribution in [0.1, 0.15) is 202 Å². The molecule has 0 spiro atoms. The fourth-order valence-corrected chi connectivity index (χ4v) is 15.6. The number of hydrogen-bond donors (Lipinski definition) is 6. The SMILES string of the molecule is CCCCOCCCN(Cc1cc(C)cc(-c2cc(C)cc(-c3cc(C)cc(CN(CCCOCCCC)C(=O)c4ccnc(-c5cc(C(=O)N(CCCOCCCC)Cc6cc(C)cc(-c7cc(C)cc(-c8cc(C)cc(CN(CCCOCCCC)C(=O)c9ccccc9)c8O)c7OCC(=O)O)c6O)ccn5)c4)c3O)c2OCC(=O)O)c1O)C(=O)c1ccccc1. The van der Waals surface area contributed by atoms with Crippen LogP contribution in [-0.4, -0.2) is 188 Å². The predicted octanol–water partition coefficient (Wildman–Crippen LogP) is 19.8. The molecule has 0 saturated heterocycles. The Hall–Kier alpha value is -12.5. The largest absolute Gasteiger partial charge is 0.507 e. The number of phenols is 4. The zero-order chi connectivity index (χ0) is 91.8. The van der Waals surface area contributed by atoms with Crippen molar-refractivity contribution < 1.29 is 87.8 Å². The van der Waals surface area contributed by atoms with Gasteiger partial charge in [0, 0.05) is 207 Å². The number of ether oxygens (including phenoxy) is 6. The molecule has 4 amide bonds. The minimum atomic E-state index is -1.27. The molecule has 2 heterocycles. The van der Waals surface area contributed by atoms with Crippen LogP contribution in [0.3, 0.4) is 0 Å². The lowest BCUT2D eigenvalue weighted by Gasteiger charge is -2.26. The molecule has 0 bridgehead atoms. The van der Waals surface area contributed by atoms with Crippen LogP contribution < -0.4 is 9.47 Å². The number of pyridine rings is 2. The van der Waals surface area contributed by atoms with Crippen LogP contribution in [0, 0.1) is 41.5 Å². The maximum atomic E-state index is 15.5. The van der Waals surface area contributed by atoms with Gasteiger partial charge in [-0.05, 0) is 223 Å². The van der Waals surface area contributed by atoms with Crippen molar-refractivity contribution in [2.45, 2.75) is 172 Å². The van der Waals surface area contributed by atoms with E-state index < -0.39 is 37.0 Å². The molecular weight excluding hydrogens is 1620 g/mol. The topological polar surface area (TPSA) is 318 Å². The van der Waals surface area contributed by atoms with E-state index in [1.807, 2.05) is 65.8 Å². The fraction of sp³-hybridized carbons (Fsp3) is 0.385. The number of unbranched alkanes of at least 4 members (excludes halogenated alkanes) is 4. The summed E-state index contributed by atoms with van der Waals surface area (Å²) in [6, 6.07) is 45.6. The molecule has 8 aromatic carbocycles. The minimum Gasteiger partial charge on any atom is -0.507 e. The molecular formula is C104H124N6O18. The molecule has 0 radical (unpaired) electrons. The van der Waals surface area contributed by atoms with Crippen molar-refractivity contribution in [2.24, 2.45) is 0 Å². The van der Waals surface area contributed by atoms with E-state index in [1.54, 1.807) is 153 Å². The highest BCUT2D eigenvalue weighted by Crippen LogP contribution is 2.50. The lowest BCUT2D eigenvalue weighted by Crippen LogP contribution is -2.32. The summed E-state index contributed by atoms with van der Waals surface area (Å²) in [4.78, 5) is 101. The number of phenolic OH excluding ortho intramolecular Hbond substituents is 4. The van der Waals surface area contributed by atoms with Gasteiger partial charge in [0.15, 0.2) is 13.2 Å². The van der Waals surface area contributed by atoms with E-state index in [9.17, 15) is 49.8 Å². The number of hydrogen-bond acceptors (Lipinski definition) is 18. The average Bonchev–Trinajstić information content (AvgIpc) is 0.763. The van der Waals surface area contributed by atoms with E-state index in [-0.39, 0.29) is 119 Å². The van der Waals surface area contributed by atoms with Crippen LogP contribution in [0.2, 0.25) is 0 Å². The number of carbonyl (C=O) groups excluding carboxylic acids is 4. The van der Waals surface area contributed by atoms with Gasteiger partial charge in [0.2, 0.25) is 0 Å². The molecule has 128 heavy (non-hydrogen) atoms. The maximum absolute atomic E-state index is 15.5. The molecule has 24 heteroatoms. The van der Waals surface area contributed by atoms with E-state index in [2.05, 4.69) is 27.7 Å². The highest BCUT2D eigenvalue weighted by atomic mass is 16.5. The summed E-state index contributed by atoms with van der Waals surface area (Å²) < 4.78 is 36.4. The standard InChI is InChI=1S/C104H124N6O18/c1-11-15-41-123-45-25-37-107(101(119)75-29-21-19-22-30-75)63-79-49-69(5)53-83(95(79)115)87-57-73(9)59-89(99(87)127-67-93(111)112)85-55-71(7)51-81(97(85)117)65-109(39-27-47-125-43-17-13-3)103(121)77-33-35-105-91(61-77)92-62-78(34-36-106-92)104(122)110(40-28-48-126-44-18-14-4)66-82-52-72(8)56-86(98(82)118)90-60-74(10)58-88(100(90)128-68-94(113)114)84-54-70(6)50-80(96(84)116)64-108(38-26-46-124-42-16-12-2)102(120)76-31-23-20-24-32-76/h19-24,29-36,49-62,115-118H,11-18,25-28,37-48,63-68H2,1-10H3,(H,111,112)(H,113,114). The zero-order valence-electron chi connectivity index (χ0n) is 75.6. The third kappa shape index (κ3) is 27.3. The zero-order valence-corrected chi connectivity index (χ0v) is 75.6. The summed E-state index contributed by atoms with van der Waals surface area (Å²) in [5.41, 5.74) is 10.1. The number of carboxylic acid groups (broad SMARTS) is 2. The second kappa shape index (κ2) is 49.0. The van der Waals surface area contributed by atoms with Gasteiger partial charge in [-0.3, -0.25) is 29.1 Å². The highest BCUT2D eigenvalue weighted by molar-refractivity contribution is 5.98. The molecule has 0 unspecified atom stereocenters. The van der Waals surface area contributed by atoms with Crippen LogP contribution in [0.25, 0.3) is 55.9 Å². The van der Waals surface area contributed by atoms with Gasteiger partial charge in [0.25, 0.3) is 23.6 Å². The van der Waals surface area contributed by atoms with E-state index in [4.69, 9.17) is 38.4 Å². The van der Waals surface area contributed by atoms with Crippen molar-refractivity contribution in [3.8, 4) is 90.4 Å². The van der Waals surface area contributed by atoms with Gasteiger partial charge in [-0.2, -0.15) is 0 Å². The van der Waals surface area contributed by atoms with Crippen LogP contribution in [0.4, 0.5) is 0 Å². The molecule has 0 aliphatic rings. The third-order valence-electron chi connectivity index (χ3n) is 22.0. The van der Waals surface area contributed by atoms with Gasteiger partial charge in [-0.25, -0.2) is 9.59 Å². The summed E-state index contributed by atoms with van der Waals surface area (Å²) in [5, 5.41) is 71.2. The van der Waals surface area contributed by atoms with Gasteiger partial charge in [-0.1, -0.05) is 114 Å². The predicted molar refractivity (Wildman–Crippen MR) is 497 cm³/mol. The molecule has 10 aromatic rings. The third-order valence-corrected chi connectivity index (χ3v) is 22.0. The number of aliphatic carboxylic acids is 2. The van der Waals surface area contributed by atoms with E-state index in [0.717, 1.165) is 62.5 Å². The first-order valence-electron chi connectivity index (χ1n) is 44.6. The summed E-state index contributed by atoms with van der Waals surface area (Å²) in [6.45, 7) is 22.4.